The van der Waals surface area contributed by atoms with E-state index in [1.165, 1.54) is 10.9 Å². The van der Waals surface area contributed by atoms with Crippen LogP contribution in [0, 0.1) is 0 Å². The Morgan fingerprint density at radius 3 is 2.80 bits per heavy atom. The molecule has 0 saturated heterocycles. The van der Waals surface area contributed by atoms with Gasteiger partial charge in [0.25, 0.3) is 0 Å². The Labute approximate surface area is 123 Å². The number of fused-ring (bicyclic) bond motifs is 1. The fraction of sp³-hybridized carbons (Fsp3) is 0.118. The summed E-state index contributed by atoms with van der Waals surface area (Å²) in [6, 6.07) is 18.4. The quantitative estimate of drug-likeness (QED) is 0.708. The van der Waals surface area contributed by atoms with Crippen LogP contribution in [0.2, 0.25) is 0 Å². The molecule has 1 heterocycles. The highest BCUT2D eigenvalue weighted by Gasteiger charge is 2.01. The molecule has 100 valence electrons. The number of anilines is 1. The van der Waals surface area contributed by atoms with Crippen molar-refractivity contribution in [3.63, 3.8) is 0 Å². The molecule has 0 saturated carbocycles. The van der Waals surface area contributed by atoms with Crippen molar-refractivity contribution in [3.8, 4) is 0 Å². The number of nitrogens with zero attached hydrogens (tertiary/aromatic N) is 1. The van der Waals surface area contributed by atoms with Crippen molar-refractivity contribution < 1.29 is 0 Å². The number of hydrogen-bond acceptors (Lipinski definition) is 2. The van der Waals surface area contributed by atoms with Crippen molar-refractivity contribution in [1.29, 1.82) is 0 Å². The zero-order valence-corrected chi connectivity index (χ0v) is 11.8. The summed E-state index contributed by atoms with van der Waals surface area (Å²) in [5, 5.41) is 4.63. The second-order valence-corrected chi connectivity index (χ2v) is 4.94. The number of aromatic nitrogens is 1. The van der Waals surface area contributed by atoms with Gasteiger partial charge in [0.1, 0.15) is 0 Å². The number of para-hydroxylation sites is 1. The average molecular weight is 283 g/mol. The summed E-state index contributed by atoms with van der Waals surface area (Å²) in [6.07, 6.45) is 1.86. The Morgan fingerprint density at radius 1 is 1.00 bits per heavy atom. The fourth-order valence-corrected chi connectivity index (χ4v) is 2.44. The monoisotopic (exact) mass is 282 g/mol. The van der Waals surface area contributed by atoms with E-state index in [1.807, 2.05) is 36.5 Å². The lowest BCUT2D eigenvalue weighted by Crippen LogP contribution is -2.00. The molecule has 2 nitrogen and oxygen atoms in total. The first kappa shape index (κ1) is 12.9. The van der Waals surface area contributed by atoms with Crippen molar-refractivity contribution in [2.45, 2.75) is 12.4 Å². The third kappa shape index (κ3) is 2.75. The average Bonchev–Trinajstić information content (AvgIpc) is 2.53. The predicted molar refractivity (Wildman–Crippen MR) is 85.1 cm³/mol. The van der Waals surface area contributed by atoms with Gasteiger partial charge < -0.3 is 5.32 Å². The van der Waals surface area contributed by atoms with E-state index in [9.17, 15) is 0 Å². The summed E-state index contributed by atoms with van der Waals surface area (Å²) in [6.45, 7) is 0.773. The first-order valence-electron chi connectivity index (χ1n) is 6.58. The zero-order chi connectivity index (χ0) is 13.8. The first-order valence-corrected chi connectivity index (χ1v) is 7.11. The van der Waals surface area contributed by atoms with Gasteiger partial charge in [0.05, 0.1) is 5.52 Å². The largest absolute Gasteiger partial charge is 0.381 e. The number of hydrogen-bond donors (Lipinski definition) is 1. The Morgan fingerprint density at radius 2 is 1.90 bits per heavy atom. The second-order valence-electron chi connectivity index (χ2n) is 4.67. The molecule has 2 aromatic carbocycles. The molecule has 0 spiro atoms. The van der Waals surface area contributed by atoms with E-state index in [2.05, 4.69) is 34.6 Å². The minimum absolute atomic E-state index is 0.535. The van der Waals surface area contributed by atoms with Crippen LogP contribution in [0.15, 0.2) is 60.8 Å². The molecule has 3 rings (SSSR count). The Bertz CT molecular complexity index is 720. The maximum Gasteiger partial charge on any atom is 0.0705 e. The van der Waals surface area contributed by atoms with Gasteiger partial charge in [-0.3, -0.25) is 4.98 Å². The molecular formula is C17H15ClN2. The van der Waals surface area contributed by atoms with Crippen LogP contribution in [0.3, 0.4) is 0 Å². The Kier molecular flexibility index (Phi) is 3.84. The summed E-state index contributed by atoms with van der Waals surface area (Å²) in [7, 11) is 0. The van der Waals surface area contributed by atoms with E-state index in [4.69, 9.17) is 11.6 Å². The lowest BCUT2D eigenvalue weighted by atomic mass is 10.1. The predicted octanol–water partition coefficient (Wildman–Crippen LogP) is 4.59. The van der Waals surface area contributed by atoms with Gasteiger partial charge in [-0.15, -0.1) is 11.6 Å². The fourth-order valence-electron chi connectivity index (χ4n) is 2.27. The van der Waals surface area contributed by atoms with E-state index in [1.54, 1.807) is 0 Å². The SMILES string of the molecule is ClCc1cccc(NCc2ccnc3ccccc23)c1. The van der Waals surface area contributed by atoms with Crippen molar-refractivity contribution in [2.24, 2.45) is 0 Å². The Balaban J connectivity index is 1.83. The number of rotatable bonds is 4. The topological polar surface area (TPSA) is 24.9 Å². The molecule has 0 radical (unpaired) electrons. The van der Waals surface area contributed by atoms with Crippen LogP contribution in [-0.2, 0) is 12.4 Å². The van der Waals surface area contributed by atoms with Gasteiger partial charge in [0.15, 0.2) is 0 Å². The van der Waals surface area contributed by atoms with Crippen molar-refractivity contribution in [3.05, 3.63) is 71.9 Å². The summed E-state index contributed by atoms with van der Waals surface area (Å²) in [5.41, 5.74) is 4.48. The van der Waals surface area contributed by atoms with Gasteiger partial charge in [-0.05, 0) is 35.4 Å². The molecule has 0 unspecified atom stereocenters. The third-order valence-electron chi connectivity index (χ3n) is 3.30. The molecule has 0 bridgehead atoms. The first-order chi connectivity index (χ1) is 9.86. The summed E-state index contributed by atoms with van der Waals surface area (Å²) in [4.78, 5) is 4.38. The summed E-state index contributed by atoms with van der Waals surface area (Å²) >= 11 is 5.86. The zero-order valence-electron chi connectivity index (χ0n) is 11.0. The van der Waals surface area contributed by atoms with Crippen LogP contribution >= 0.6 is 11.6 Å². The van der Waals surface area contributed by atoms with E-state index in [0.717, 1.165) is 23.3 Å². The molecule has 20 heavy (non-hydrogen) atoms. The Hall–Kier alpha value is -2.06. The van der Waals surface area contributed by atoms with E-state index < -0.39 is 0 Å². The van der Waals surface area contributed by atoms with Crippen LogP contribution < -0.4 is 5.32 Å². The van der Waals surface area contributed by atoms with E-state index >= 15 is 0 Å². The van der Waals surface area contributed by atoms with Gasteiger partial charge in [0, 0.05) is 29.7 Å². The molecule has 1 N–H and O–H groups in total. The maximum atomic E-state index is 5.86. The van der Waals surface area contributed by atoms with Crippen LogP contribution in [0.4, 0.5) is 5.69 Å². The van der Waals surface area contributed by atoms with Crippen molar-refractivity contribution in [2.75, 3.05) is 5.32 Å². The van der Waals surface area contributed by atoms with Gasteiger partial charge in [0.2, 0.25) is 0 Å². The molecule has 1 aromatic heterocycles. The van der Waals surface area contributed by atoms with Crippen LogP contribution in [0.5, 0.6) is 0 Å². The molecule has 0 amide bonds. The third-order valence-corrected chi connectivity index (χ3v) is 3.61. The van der Waals surface area contributed by atoms with Gasteiger partial charge in [-0.25, -0.2) is 0 Å². The van der Waals surface area contributed by atoms with Crippen molar-refractivity contribution in [1.82, 2.24) is 4.98 Å². The van der Waals surface area contributed by atoms with Gasteiger partial charge in [-0.2, -0.15) is 0 Å². The molecule has 0 atom stereocenters. The normalized spacial score (nSPS) is 10.7. The number of halogens is 1. The standard InChI is InChI=1S/C17H15ClN2/c18-11-13-4-3-5-15(10-13)20-12-14-8-9-19-17-7-2-1-6-16(14)17/h1-10,20H,11-12H2. The van der Waals surface area contributed by atoms with Gasteiger partial charge in [-0.1, -0.05) is 30.3 Å². The molecule has 3 aromatic rings. The maximum absolute atomic E-state index is 5.86. The molecule has 0 fully saturated rings. The van der Waals surface area contributed by atoms with Gasteiger partial charge >= 0.3 is 0 Å². The van der Waals surface area contributed by atoms with Crippen LogP contribution in [-0.4, -0.2) is 4.98 Å². The number of pyridine rings is 1. The second kappa shape index (κ2) is 5.93. The minimum atomic E-state index is 0.535. The molecule has 0 aliphatic rings. The number of alkyl halides is 1. The summed E-state index contributed by atoms with van der Waals surface area (Å²) in [5.74, 6) is 0.535. The molecule has 0 aliphatic heterocycles. The molecular weight excluding hydrogens is 268 g/mol. The smallest absolute Gasteiger partial charge is 0.0705 e. The highest BCUT2D eigenvalue weighted by atomic mass is 35.5. The lowest BCUT2D eigenvalue weighted by molar-refractivity contribution is 1.15. The number of benzene rings is 2. The molecule has 3 heteroatoms. The lowest BCUT2D eigenvalue weighted by Gasteiger charge is -2.09. The van der Waals surface area contributed by atoms with E-state index in [0.29, 0.717) is 5.88 Å². The molecule has 0 aliphatic carbocycles. The highest BCUT2D eigenvalue weighted by molar-refractivity contribution is 6.17. The van der Waals surface area contributed by atoms with Crippen LogP contribution in [0.25, 0.3) is 10.9 Å². The van der Waals surface area contributed by atoms with E-state index in [-0.39, 0.29) is 0 Å². The van der Waals surface area contributed by atoms with Crippen LogP contribution in [0.1, 0.15) is 11.1 Å². The minimum Gasteiger partial charge on any atom is -0.381 e. The summed E-state index contributed by atoms with van der Waals surface area (Å²) < 4.78 is 0. The van der Waals surface area contributed by atoms with Crippen molar-refractivity contribution >= 4 is 28.2 Å². The number of nitrogens with one attached hydrogen (secondary N) is 1. The highest BCUT2D eigenvalue weighted by Crippen LogP contribution is 2.18.